The van der Waals surface area contributed by atoms with Crippen LogP contribution in [-0.4, -0.2) is 30.9 Å². The van der Waals surface area contributed by atoms with E-state index in [0.29, 0.717) is 11.3 Å². The van der Waals surface area contributed by atoms with Gasteiger partial charge in [0.1, 0.15) is 11.9 Å². The molecule has 9 heteroatoms. The first-order chi connectivity index (χ1) is 11.9. The number of anilines is 2. The van der Waals surface area contributed by atoms with Crippen LogP contribution in [0.4, 0.5) is 20.6 Å². The van der Waals surface area contributed by atoms with Crippen molar-refractivity contribution < 1.29 is 18.8 Å². The molecule has 1 aromatic heterocycles. The molecule has 0 saturated carbocycles. The Labute approximate surface area is 147 Å². The largest absolute Gasteiger partial charge is 0.374 e. The summed E-state index contributed by atoms with van der Waals surface area (Å²) in [6, 6.07) is 4.24. The lowest BCUT2D eigenvalue weighted by atomic mass is 10.2. The Balaban J connectivity index is 2.06. The number of amides is 4. The molecule has 0 bridgehead atoms. The summed E-state index contributed by atoms with van der Waals surface area (Å²) in [5, 5.41) is 13.1. The SMILES string of the molecule is CNC(=O)NC(=O)[C@H](C)Nc1ccc(F)c(NC(=O)c2ccsc2)c1. The first-order valence-electron chi connectivity index (χ1n) is 7.33. The van der Waals surface area contributed by atoms with Crippen LogP contribution in [0, 0.1) is 5.82 Å². The van der Waals surface area contributed by atoms with E-state index in [-0.39, 0.29) is 5.69 Å². The van der Waals surface area contributed by atoms with Crippen LogP contribution in [0.2, 0.25) is 0 Å². The van der Waals surface area contributed by atoms with Crippen molar-refractivity contribution in [1.82, 2.24) is 10.6 Å². The van der Waals surface area contributed by atoms with Crippen LogP contribution in [0.3, 0.4) is 0 Å². The van der Waals surface area contributed by atoms with Crippen LogP contribution in [0.1, 0.15) is 17.3 Å². The molecule has 4 amide bonds. The fourth-order valence-electron chi connectivity index (χ4n) is 1.90. The highest BCUT2D eigenvalue weighted by atomic mass is 32.1. The van der Waals surface area contributed by atoms with Gasteiger partial charge >= 0.3 is 6.03 Å². The minimum absolute atomic E-state index is 0.0138. The van der Waals surface area contributed by atoms with Gasteiger partial charge in [-0.2, -0.15) is 11.3 Å². The summed E-state index contributed by atoms with van der Waals surface area (Å²) in [6.45, 7) is 1.55. The topological polar surface area (TPSA) is 99.3 Å². The van der Waals surface area contributed by atoms with Crippen LogP contribution in [-0.2, 0) is 4.79 Å². The van der Waals surface area contributed by atoms with Crippen LogP contribution in [0.15, 0.2) is 35.0 Å². The van der Waals surface area contributed by atoms with Gasteiger partial charge in [-0.15, -0.1) is 0 Å². The zero-order valence-corrected chi connectivity index (χ0v) is 14.4. The molecule has 0 aliphatic rings. The monoisotopic (exact) mass is 364 g/mol. The molecular formula is C16H17FN4O3S. The van der Waals surface area contributed by atoms with Crippen molar-refractivity contribution in [2.24, 2.45) is 0 Å². The molecule has 132 valence electrons. The second-order valence-electron chi connectivity index (χ2n) is 5.10. The molecule has 1 aromatic carbocycles. The molecule has 0 aliphatic heterocycles. The molecule has 1 atom stereocenters. The molecule has 4 N–H and O–H groups in total. The van der Waals surface area contributed by atoms with Crippen LogP contribution < -0.4 is 21.3 Å². The number of carbonyl (C=O) groups excluding carboxylic acids is 3. The number of benzene rings is 1. The number of carbonyl (C=O) groups is 3. The molecule has 0 saturated heterocycles. The standard InChI is InChI=1S/C16H17FN4O3S/c1-9(14(22)21-16(24)18-2)19-11-3-4-12(17)13(7-11)20-15(23)10-5-6-25-8-10/h3-9,19H,1-2H3,(H,20,23)(H2,18,21,22,24)/t9-/m0/s1. The first-order valence-corrected chi connectivity index (χ1v) is 8.27. The molecular weight excluding hydrogens is 347 g/mol. The second kappa shape index (κ2) is 8.25. The fraction of sp³-hybridized carbons (Fsp3) is 0.188. The molecule has 7 nitrogen and oxygen atoms in total. The summed E-state index contributed by atoms with van der Waals surface area (Å²) in [6.07, 6.45) is 0. The Morgan fingerprint density at radius 3 is 2.60 bits per heavy atom. The van der Waals surface area contributed by atoms with Crippen molar-refractivity contribution in [2.75, 3.05) is 17.7 Å². The summed E-state index contributed by atoms with van der Waals surface area (Å²) < 4.78 is 13.9. The lowest BCUT2D eigenvalue weighted by Crippen LogP contribution is -2.44. The third-order valence-corrected chi connectivity index (χ3v) is 3.92. The average molecular weight is 364 g/mol. The van der Waals surface area contributed by atoms with Crippen LogP contribution >= 0.6 is 11.3 Å². The number of hydrogen-bond acceptors (Lipinski definition) is 5. The van der Waals surface area contributed by atoms with E-state index < -0.39 is 29.7 Å². The van der Waals surface area contributed by atoms with Crippen molar-refractivity contribution >= 4 is 40.6 Å². The van der Waals surface area contributed by atoms with Gasteiger partial charge in [0, 0.05) is 18.1 Å². The zero-order valence-electron chi connectivity index (χ0n) is 13.6. The number of rotatable bonds is 5. The average Bonchev–Trinajstić information content (AvgIpc) is 3.12. The van der Waals surface area contributed by atoms with Crippen molar-refractivity contribution in [3.8, 4) is 0 Å². The van der Waals surface area contributed by atoms with Crippen LogP contribution in [0.25, 0.3) is 0 Å². The number of imide groups is 1. The molecule has 0 aliphatic carbocycles. The fourth-order valence-corrected chi connectivity index (χ4v) is 2.53. The van der Waals surface area contributed by atoms with Gasteiger partial charge in [-0.25, -0.2) is 9.18 Å². The summed E-state index contributed by atoms with van der Waals surface area (Å²) in [7, 11) is 1.39. The van der Waals surface area contributed by atoms with E-state index in [0.717, 1.165) is 0 Å². The number of urea groups is 1. The maximum atomic E-state index is 13.9. The van der Waals surface area contributed by atoms with E-state index in [2.05, 4.69) is 21.3 Å². The Bertz CT molecular complexity index is 780. The predicted octanol–water partition coefficient (Wildman–Crippen LogP) is 2.40. The van der Waals surface area contributed by atoms with Crippen molar-refractivity contribution in [3.05, 3.63) is 46.4 Å². The molecule has 0 spiro atoms. The van der Waals surface area contributed by atoms with E-state index in [9.17, 15) is 18.8 Å². The summed E-state index contributed by atoms with van der Waals surface area (Å²) >= 11 is 1.36. The highest BCUT2D eigenvalue weighted by molar-refractivity contribution is 7.08. The normalized spacial score (nSPS) is 11.3. The maximum Gasteiger partial charge on any atom is 0.321 e. The smallest absolute Gasteiger partial charge is 0.321 e. The zero-order chi connectivity index (χ0) is 18.4. The molecule has 25 heavy (non-hydrogen) atoms. The van der Waals surface area contributed by atoms with Crippen molar-refractivity contribution in [2.45, 2.75) is 13.0 Å². The number of halogens is 1. The third-order valence-electron chi connectivity index (χ3n) is 3.24. The van der Waals surface area contributed by atoms with Gasteiger partial charge in [0.15, 0.2) is 0 Å². The van der Waals surface area contributed by atoms with E-state index in [1.807, 2.05) is 0 Å². The lowest BCUT2D eigenvalue weighted by molar-refractivity contribution is -0.120. The molecule has 0 fully saturated rings. The quantitative estimate of drug-likeness (QED) is 0.655. The summed E-state index contributed by atoms with van der Waals surface area (Å²) in [5.41, 5.74) is 0.836. The predicted molar refractivity (Wildman–Crippen MR) is 94.4 cm³/mol. The van der Waals surface area contributed by atoms with E-state index in [4.69, 9.17) is 0 Å². The highest BCUT2D eigenvalue weighted by Crippen LogP contribution is 2.21. The summed E-state index contributed by atoms with van der Waals surface area (Å²) in [5.74, 6) is -1.58. The maximum absolute atomic E-state index is 13.9. The summed E-state index contributed by atoms with van der Waals surface area (Å²) in [4.78, 5) is 35.0. The molecule has 0 radical (unpaired) electrons. The minimum atomic E-state index is -0.747. The van der Waals surface area contributed by atoms with Gasteiger partial charge in [0.25, 0.3) is 5.91 Å². The second-order valence-corrected chi connectivity index (χ2v) is 5.88. The number of thiophene rings is 1. The van der Waals surface area contributed by atoms with Gasteiger partial charge in [-0.1, -0.05) is 0 Å². The molecule has 2 aromatic rings. The Morgan fingerprint density at radius 2 is 1.96 bits per heavy atom. The van der Waals surface area contributed by atoms with Gasteiger partial charge in [0.05, 0.1) is 11.3 Å². The third kappa shape index (κ3) is 5.01. The van der Waals surface area contributed by atoms with Crippen molar-refractivity contribution in [1.29, 1.82) is 0 Å². The van der Waals surface area contributed by atoms with Gasteiger partial charge < -0.3 is 16.0 Å². The number of hydrogen-bond donors (Lipinski definition) is 4. The molecule has 1 heterocycles. The van der Waals surface area contributed by atoms with Gasteiger partial charge in [-0.3, -0.25) is 14.9 Å². The van der Waals surface area contributed by atoms with E-state index in [1.54, 1.807) is 23.8 Å². The Kier molecular flexibility index (Phi) is 6.07. The molecule has 2 rings (SSSR count). The van der Waals surface area contributed by atoms with Gasteiger partial charge in [-0.05, 0) is 36.6 Å². The lowest BCUT2D eigenvalue weighted by Gasteiger charge is -2.15. The first kappa shape index (κ1) is 18.4. The number of nitrogens with one attached hydrogen (secondary N) is 4. The van der Waals surface area contributed by atoms with Crippen LogP contribution in [0.5, 0.6) is 0 Å². The Morgan fingerprint density at radius 1 is 1.20 bits per heavy atom. The Hall–Kier alpha value is -2.94. The molecule has 0 unspecified atom stereocenters. The van der Waals surface area contributed by atoms with E-state index in [1.165, 1.54) is 36.6 Å². The minimum Gasteiger partial charge on any atom is -0.374 e. The van der Waals surface area contributed by atoms with E-state index >= 15 is 0 Å². The highest BCUT2D eigenvalue weighted by Gasteiger charge is 2.16. The van der Waals surface area contributed by atoms with Gasteiger partial charge in [0.2, 0.25) is 5.91 Å². The van der Waals surface area contributed by atoms with Crippen molar-refractivity contribution in [3.63, 3.8) is 0 Å².